The third-order valence-corrected chi connectivity index (χ3v) is 4.21. The molecule has 2 atom stereocenters. The predicted molar refractivity (Wildman–Crippen MR) is 82.3 cm³/mol. The molecule has 0 radical (unpaired) electrons. The van der Waals surface area contributed by atoms with Crippen molar-refractivity contribution >= 4 is 35.0 Å². The molecule has 20 heavy (non-hydrogen) atoms. The summed E-state index contributed by atoms with van der Waals surface area (Å²) in [6, 6.07) is 0.128. The van der Waals surface area contributed by atoms with Crippen LogP contribution in [0.5, 0.6) is 0 Å². The van der Waals surface area contributed by atoms with Crippen LogP contribution in [0.15, 0.2) is 0 Å². The van der Waals surface area contributed by atoms with Gasteiger partial charge in [-0.3, -0.25) is 9.59 Å². The van der Waals surface area contributed by atoms with E-state index in [2.05, 4.69) is 0 Å². The van der Waals surface area contributed by atoms with Crippen molar-refractivity contribution in [2.45, 2.75) is 51.6 Å². The Balaban J connectivity index is 2.57. The lowest BCUT2D eigenvalue weighted by molar-refractivity contribution is -0.145. The van der Waals surface area contributed by atoms with Crippen molar-refractivity contribution < 1.29 is 9.59 Å². The molecule has 2 amide bonds. The van der Waals surface area contributed by atoms with Gasteiger partial charge in [0.25, 0.3) is 0 Å². The molecule has 0 spiro atoms. The molecule has 2 unspecified atom stereocenters. The summed E-state index contributed by atoms with van der Waals surface area (Å²) in [7, 11) is 0. The fourth-order valence-corrected chi connectivity index (χ4v) is 2.81. The Labute approximate surface area is 131 Å². The van der Waals surface area contributed by atoms with Crippen LogP contribution in [0, 0.1) is 0 Å². The smallest absolute Gasteiger partial charge is 0.222 e. The average molecular weight is 323 g/mol. The Bertz CT molecular complexity index is 307. The maximum atomic E-state index is 12.1. The number of hydrogen-bond donors (Lipinski definition) is 0. The summed E-state index contributed by atoms with van der Waals surface area (Å²) < 4.78 is 0. The van der Waals surface area contributed by atoms with E-state index < -0.39 is 0 Å². The van der Waals surface area contributed by atoms with E-state index in [9.17, 15) is 9.59 Å². The van der Waals surface area contributed by atoms with Gasteiger partial charge in [-0.05, 0) is 26.7 Å². The number of nitrogens with zero attached hydrogens (tertiary/aromatic N) is 2. The number of alkyl halides is 2. The number of halogens is 2. The van der Waals surface area contributed by atoms with Gasteiger partial charge in [0.1, 0.15) is 0 Å². The number of amides is 2. The van der Waals surface area contributed by atoms with E-state index in [1.807, 2.05) is 23.6 Å². The maximum Gasteiger partial charge on any atom is 0.222 e. The predicted octanol–water partition coefficient (Wildman–Crippen LogP) is 2.47. The highest BCUT2D eigenvalue weighted by molar-refractivity contribution is 6.18. The van der Waals surface area contributed by atoms with Crippen molar-refractivity contribution in [3.63, 3.8) is 0 Å². The molecule has 1 aliphatic rings. The van der Waals surface area contributed by atoms with E-state index in [-0.39, 0.29) is 23.9 Å². The third kappa shape index (κ3) is 4.81. The largest absolute Gasteiger partial charge is 0.336 e. The van der Waals surface area contributed by atoms with Gasteiger partial charge in [-0.25, -0.2) is 0 Å². The fourth-order valence-electron chi connectivity index (χ4n) is 2.54. The zero-order valence-corrected chi connectivity index (χ0v) is 13.8. The highest BCUT2D eigenvalue weighted by atomic mass is 35.5. The summed E-state index contributed by atoms with van der Waals surface area (Å²) in [5.41, 5.74) is 0. The van der Waals surface area contributed by atoms with Gasteiger partial charge in [0.05, 0.1) is 0 Å². The lowest BCUT2D eigenvalue weighted by Crippen LogP contribution is -2.59. The summed E-state index contributed by atoms with van der Waals surface area (Å²) in [5, 5.41) is 0. The van der Waals surface area contributed by atoms with Crippen LogP contribution in [0.2, 0.25) is 0 Å². The van der Waals surface area contributed by atoms with Crippen LogP contribution in [0.1, 0.15) is 39.5 Å². The Morgan fingerprint density at radius 1 is 0.900 bits per heavy atom. The summed E-state index contributed by atoms with van der Waals surface area (Å²) in [4.78, 5) is 28.0. The molecule has 1 fully saturated rings. The first kappa shape index (κ1) is 17.6. The normalized spacial score (nSPS) is 23.0. The van der Waals surface area contributed by atoms with Crippen LogP contribution in [0.3, 0.4) is 0 Å². The lowest BCUT2D eigenvalue weighted by atomic mass is 10.1. The average Bonchev–Trinajstić information content (AvgIpc) is 2.44. The Kier molecular flexibility index (Phi) is 7.67. The van der Waals surface area contributed by atoms with E-state index in [4.69, 9.17) is 23.2 Å². The monoisotopic (exact) mass is 322 g/mol. The van der Waals surface area contributed by atoms with Crippen LogP contribution in [-0.4, -0.2) is 58.5 Å². The molecule has 1 saturated heterocycles. The topological polar surface area (TPSA) is 40.6 Å². The molecule has 1 rings (SSSR count). The molecule has 1 aliphatic heterocycles. The third-order valence-electron chi connectivity index (χ3n) is 3.68. The van der Waals surface area contributed by atoms with Crippen LogP contribution in [0.4, 0.5) is 0 Å². The van der Waals surface area contributed by atoms with Crippen molar-refractivity contribution in [1.29, 1.82) is 0 Å². The van der Waals surface area contributed by atoms with Crippen LogP contribution in [-0.2, 0) is 9.59 Å². The van der Waals surface area contributed by atoms with Crippen molar-refractivity contribution in [1.82, 2.24) is 9.80 Å². The second-order valence-electron chi connectivity index (χ2n) is 5.38. The number of hydrogen-bond acceptors (Lipinski definition) is 2. The van der Waals surface area contributed by atoms with Gasteiger partial charge < -0.3 is 9.80 Å². The Morgan fingerprint density at radius 2 is 1.25 bits per heavy atom. The van der Waals surface area contributed by atoms with Gasteiger partial charge in [0.2, 0.25) is 11.8 Å². The zero-order chi connectivity index (χ0) is 15.1. The van der Waals surface area contributed by atoms with E-state index in [1.54, 1.807) is 0 Å². The number of piperazine rings is 1. The molecule has 4 nitrogen and oxygen atoms in total. The van der Waals surface area contributed by atoms with E-state index in [0.29, 0.717) is 50.5 Å². The second kappa shape index (κ2) is 8.73. The standard InChI is InChI=1S/C14H24Cl2N2O2/c1-11-9-18(14(20)6-4-8-16)12(2)10-17(11)13(19)5-3-7-15/h11-12H,3-10H2,1-2H3. The summed E-state index contributed by atoms with van der Waals surface area (Å²) in [6.45, 7) is 5.20. The molecule has 0 N–H and O–H groups in total. The number of carbonyl (C=O) groups excluding carboxylic acids is 2. The van der Waals surface area contributed by atoms with E-state index >= 15 is 0 Å². The zero-order valence-electron chi connectivity index (χ0n) is 12.3. The van der Waals surface area contributed by atoms with Gasteiger partial charge in [-0.1, -0.05) is 0 Å². The van der Waals surface area contributed by atoms with E-state index in [0.717, 1.165) is 0 Å². The molecule has 0 aliphatic carbocycles. The first-order chi connectivity index (χ1) is 9.51. The minimum Gasteiger partial charge on any atom is -0.336 e. The highest BCUT2D eigenvalue weighted by Crippen LogP contribution is 2.18. The van der Waals surface area contributed by atoms with E-state index in [1.165, 1.54) is 0 Å². The molecule has 0 saturated carbocycles. The number of rotatable bonds is 6. The highest BCUT2D eigenvalue weighted by Gasteiger charge is 2.33. The molecule has 0 aromatic carbocycles. The summed E-state index contributed by atoms with van der Waals surface area (Å²) >= 11 is 11.3. The van der Waals surface area contributed by atoms with Crippen molar-refractivity contribution in [2.24, 2.45) is 0 Å². The Morgan fingerprint density at radius 3 is 1.55 bits per heavy atom. The minimum atomic E-state index is 0.0639. The molecular weight excluding hydrogens is 299 g/mol. The van der Waals surface area contributed by atoms with Crippen molar-refractivity contribution in [3.8, 4) is 0 Å². The first-order valence-corrected chi connectivity index (χ1v) is 8.29. The summed E-state index contributed by atoms with van der Waals surface area (Å²) in [6.07, 6.45) is 2.38. The van der Waals surface area contributed by atoms with Crippen LogP contribution >= 0.6 is 23.2 Å². The van der Waals surface area contributed by atoms with Crippen LogP contribution < -0.4 is 0 Å². The van der Waals surface area contributed by atoms with Crippen molar-refractivity contribution in [2.75, 3.05) is 24.8 Å². The molecule has 0 bridgehead atoms. The molecule has 1 heterocycles. The van der Waals surface area contributed by atoms with Gasteiger partial charge >= 0.3 is 0 Å². The molecule has 116 valence electrons. The van der Waals surface area contributed by atoms with Crippen molar-refractivity contribution in [3.05, 3.63) is 0 Å². The Hall–Kier alpha value is -0.480. The lowest BCUT2D eigenvalue weighted by Gasteiger charge is -2.44. The molecule has 0 aromatic rings. The maximum absolute atomic E-state index is 12.1. The molecule has 6 heteroatoms. The quantitative estimate of drug-likeness (QED) is 0.705. The first-order valence-electron chi connectivity index (χ1n) is 7.22. The van der Waals surface area contributed by atoms with Gasteiger partial charge in [0.15, 0.2) is 0 Å². The van der Waals surface area contributed by atoms with Gasteiger partial charge in [-0.15, -0.1) is 23.2 Å². The SMILES string of the molecule is CC1CN(C(=O)CCCCl)C(C)CN1C(=O)CCCCl. The fraction of sp³-hybridized carbons (Fsp3) is 0.857. The second-order valence-corrected chi connectivity index (χ2v) is 6.13. The summed E-state index contributed by atoms with van der Waals surface area (Å²) in [5.74, 6) is 1.29. The van der Waals surface area contributed by atoms with Crippen LogP contribution in [0.25, 0.3) is 0 Å². The minimum absolute atomic E-state index is 0.0639. The number of carbonyl (C=O) groups is 2. The van der Waals surface area contributed by atoms with Gasteiger partial charge in [-0.2, -0.15) is 0 Å². The molecular formula is C14H24Cl2N2O2. The van der Waals surface area contributed by atoms with Gasteiger partial charge in [0, 0.05) is 49.8 Å². The molecule has 0 aromatic heterocycles.